The molecule has 0 saturated carbocycles. The molecule has 7 heteroatoms. The van der Waals surface area contributed by atoms with Crippen LogP contribution in [0.2, 0.25) is 0 Å². The molecule has 0 unspecified atom stereocenters. The number of hydrogen-bond donors (Lipinski definition) is 0. The molecule has 0 spiro atoms. The number of carbonyl (C=O) groups excluding carboxylic acids is 1. The predicted octanol–water partition coefficient (Wildman–Crippen LogP) is -3.83. The van der Waals surface area contributed by atoms with E-state index in [0.717, 1.165) is 0 Å². The number of hydrogen-bond acceptors (Lipinski definition) is 4. The van der Waals surface area contributed by atoms with Gasteiger partial charge in [-0.1, -0.05) is 0 Å². The van der Waals surface area contributed by atoms with Gasteiger partial charge in [-0.15, -0.1) is 0 Å². The maximum absolute atomic E-state index is 8.33. The van der Waals surface area contributed by atoms with Crippen LogP contribution in [-0.2, 0) is 16.8 Å². The summed E-state index contributed by atoms with van der Waals surface area (Å²) in [6, 6.07) is 0. The van der Waals surface area contributed by atoms with Crippen molar-refractivity contribution in [1.82, 2.24) is 0 Å². The molecule has 1 radical (unpaired) electrons. The molecule has 0 aliphatic heterocycles. The molecule has 0 bridgehead atoms. The Balaban J connectivity index is -0.00000000750. The molecule has 3 N–H and O–H groups in total. The molecule has 0 rings (SSSR count). The van der Waals surface area contributed by atoms with Crippen molar-refractivity contribution < 1.29 is 42.7 Å². The smallest absolute Gasteiger partial charge is 0.870 e. The summed E-state index contributed by atoms with van der Waals surface area (Å²) >= 11 is 0. The van der Waals surface area contributed by atoms with Crippen LogP contribution in [0, 0.1) is 0 Å². The van der Waals surface area contributed by atoms with E-state index in [4.69, 9.17) is 15.0 Å². The van der Waals surface area contributed by atoms with Gasteiger partial charge in [0.1, 0.15) is 0 Å². The first kappa shape index (κ1) is 41.2. The van der Waals surface area contributed by atoms with Crippen LogP contribution >= 0.6 is 0 Å². The van der Waals surface area contributed by atoms with E-state index in [9.17, 15) is 0 Å². The molecular formula is CH3AlCoO5+2. The molecule has 0 aromatic heterocycles. The van der Waals surface area contributed by atoms with E-state index < -0.39 is 6.16 Å². The Hall–Kier alpha value is 0.229. The van der Waals surface area contributed by atoms with Crippen LogP contribution in [0.1, 0.15) is 0 Å². The number of carboxylic acid groups (broad SMARTS) is 2. The van der Waals surface area contributed by atoms with Gasteiger partial charge in [0.15, 0.2) is 0 Å². The van der Waals surface area contributed by atoms with Crippen LogP contribution in [0.15, 0.2) is 0 Å². The first-order valence-electron chi connectivity index (χ1n) is 0.612. The van der Waals surface area contributed by atoms with Crippen LogP contribution in [0.4, 0.5) is 4.79 Å². The summed E-state index contributed by atoms with van der Waals surface area (Å²) in [7, 11) is 0. The van der Waals surface area contributed by atoms with Crippen molar-refractivity contribution in [2.45, 2.75) is 0 Å². The van der Waals surface area contributed by atoms with E-state index in [1.54, 1.807) is 0 Å². The van der Waals surface area contributed by atoms with Gasteiger partial charge in [-0.3, -0.25) is 0 Å². The second-order valence-electron chi connectivity index (χ2n) is 0.250. The zero-order valence-electron chi connectivity index (χ0n) is 3.58. The van der Waals surface area contributed by atoms with Gasteiger partial charge >= 0.3 is 34.1 Å². The topological polar surface area (TPSA) is 125 Å². The third-order valence-corrected chi connectivity index (χ3v) is 0. The summed E-state index contributed by atoms with van der Waals surface area (Å²) in [6.07, 6.45) is -2.33. The van der Waals surface area contributed by atoms with Gasteiger partial charge in [0.25, 0.3) is 0 Å². The van der Waals surface area contributed by atoms with Crippen LogP contribution in [0.25, 0.3) is 0 Å². The minimum atomic E-state index is -2.33. The molecule has 0 aliphatic rings. The molecule has 0 aromatic carbocycles. The van der Waals surface area contributed by atoms with E-state index in [1.807, 2.05) is 0 Å². The van der Waals surface area contributed by atoms with Crippen molar-refractivity contribution in [1.29, 1.82) is 0 Å². The Morgan fingerprint density at radius 3 is 1.25 bits per heavy atom. The molecule has 0 fully saturated rings. The van der Waals surface area contributed by atoms with Gasteiger partial charge < -0.3 is 26.0 Å². The van der Waals surface area contributed by atoms with Crippen molar-refractivity contribution in [3.05, 3.63) is 0 Å². The standard InChI is InChI=1S/CH2O3.Al.Co.2H2O/c2-1(3)4;;;;/h(H2,2,3,4);;;2*1H2/q;+3;+2;;/p-3. The fraction of sp³-hybridized carbons (Fsp3) is 0. The number of rotatable bonds is 0. The number of carbonyl (C=O) groups is 1. The summed E-state index contributed by atoms with van der Waals surface area (Å²) in [5, 5.41) is 16.7. The fourth-order valence-electron chi connectivity index (χ4n) is 0. The minimum Gasteiger partial charge on any atom is -0.870 e. The first-order valence-corrected chi connectivity index (χ1v) is 0.612. The summed E-state index contributed by atoms with van der Waals surface area (Å²) in [6.45, 7) is 0. The van der Waals surface area contributed by atoms with Crippen molar-refractivity contribution in [2.75, 3.05) is 0 Å². The Morgan fingerprint density at radius 1 is 1.25 bits per heavy atom. The van der Waals surface area contributed by atoms with E-state index >= 15 is 0 Å². The molecule has 0 amide bonds. The van der Waals surface area contributed by atoms with E-state index in [1.165, 1.54) is 0 Å². The van der Waals surface area contributed by atoms with Crippen LogP contribution in [0.3, 0.4) is 0 Å². The summed E-state index contributed by atoms with van der Waals surface area (Å²) in [5.41, 5.74) is 0. The van der Waals surface area contributed by atoms with Gasteiger partial charge in [-0.25, -0.2) is 0 Å². The van der Waals surface area contributed by atoms with Crippen LogP contribution < -0.4 is 10.2 Å². The van der Waals surface area contributed by atoms with E-state index in [0.29, 0.717) is 0 Å². The Morgan fingerprint density at radius 2 is 1.25 bits per heavy atom. The van der Waals surface area contributed by atoms with Crippen molar-refractivity contribution >= 4 is 23.5 Å². The SMILES string of the molecule is O.O=C([O-])[O-].[Al+3].[Co+2].[OH-]. The summed E-state index contributed by atoms with van der Waals surface area (Å²) < 4.78 is 0. The molecule has 0 saturated heterocycles. The maximum Gasteiger partial charge on any atom is 3.00 e. The predicted molar refractivity (Wildman–Crippen MR) is 16.7 cm³/mol. The quantitative estimate of drug-likeness (QED) is 0.354. The molecular weight excluding hydrogens is 178 g/mol. The van der Waals surface area contributed by atoms with Gasteiger partial charge in [0.05, 0.1) is 0 Å². The largest absolute Gasteiger partial charge is 3.00 e. The second kappa shape index (κ2) is 26.9. The third-order valence-electron chi connectivity index (χ3n) is 0. The third kappa shape index (κ3) is 3250. The first-order chi connectivity index (χ1) is 1.73. The Labute approximate surface area is 66.6 Å². The summed E-state index contributed by atoms with van der Waals surface area (Å²) in [4.78, 5) is 8.33. The molecule has 0 aromatic rings. The molecule has 0 atom stereocenters. The van der Waals surface area contributed by atoms with Gasteiger partial charge in [0.2, 0.25) is 0 Å². The molecule has 47 valence electrons. The van der Waals surface area contributed by atoms with Crippen LogP contribution in [-0.4, -0.2) is 34.5 Å². The average molecular weight is 181 g/mol. The van der Waals surface area contributed by atoms with Gasteiger partial charge in [-0.05, 0) is 6.16 Å². The Bertz CT molecular complexity index is 35.4. The molecule has 0 aliphatic carbocycles. The molecule has 8 heavy (non-hydrogen) atoms. The van der Waals surface area contributed by atoms with Crippen LogP contribution in [0.5, 0.6) is 0 Å². The zero-order chi connectivity index (χ0) is 3.58. The Kier molecular flexibility index (Phi) is 139. The maximum atomic E-state index is 8.33. The fourth-order valence-corrected chi connectivity index (χ4v) is 0. The summed E-state index contributed by atoms with van der Waals surface area (Å²) in [5.74, 6) is 0. The van der Waals surface area contributed by atoms with Gasteiger partial charge in [-0.2, -0.15) is 0 Å². The average Bonchev–Trinajstić information content (AvgIpc) is 0.811. The van der Waals surface area contributed by atoms with E-state index in [2.05, 4.69) is 0 Å². The monoisotopic (exact) mass is 181 g/mol. The van der Waals surface area contributed by atoms with E-state index in [-0.39, 0.29) is 45.1 Å². The minimum absolute atomic E-state index is 0. The van der Waals surface area contributed by atoms with Crippen molar-refractivity contribution in [2.24, 2.45) is 0 Å². The second-order valence-corrected chi connectivity index (χ2v) is 0.250. The van der Waals surface area contributed by atoms with Gasteiger partial charge in [0, 0.05) is 0 Å². The molecule has 5 nitrogen and oxygen atoms in total. The zero-order valence-corrected chi connectivity index (χ0v) is 5.78. The van der Waals surface area contributed by atoms with Crippen molar-refractivity contribution in [3.8, 4) is 0 Å². The molecule has 0 heterocycles. The van der Waals surface area contributed by atoms with Crippen molar-refractivity contribution in [3.63, 3.8) is 0 Å². The normalized spacial score (nSPS) is 3.00.